The summed E-state index contributed by atoms with van der Waals surface area (Å²) in [7, 11) is -3.78. The molecular formula is C23H22N4O3S2. The number of sulfonamides is 1. The van der Waals surface area contributed by atoms with Gasteiger partial charge in [0.05, 0.1) is 27.1 Å². The molecule has 1 amide bonds. The molecule has 0 spiro atoms. The van der Waals surface area contributed by atoms with E-state index in [1.165, 1.54) is 30.3 Å². The molecule has 0 unspecified atom stereocenters. The summed E-state index contributed by atoms with van der Waals surface area (Å²) in [5, 5.41) is 14.7. The molecule has 1 aliphatic carbocycles. The molecule has 0 radical (unpaired) electrons. The number of hydrogen-bond donors (Lipinski definition) is 1. The average molecular weight is 467 g/mol. The van der Waals surface area contributed by atoms with Crippen molar-refractivity contribution in [1.82, 2.24) is 4.90 Å². The van der Waals surface area contributed by atoms with Crippen LogP contribution < -0.4 is 5.14 Å². The quantitative estimate of drug-likeness (QED) is 0.680. The molecule has 4 rings (SSSR count). The molecular weight excluding hydrogens is 444 g/mol. The zero-order valence-electron chi connectivity index (χ0n) is 17.3. The molecule has 1 aliphatic heterocycles. The first kappa shape index (κ1) is 22.3. The topological polar surface area (TPSA) is 117 Å². The number of amidine groups is 1. The van der Waals surface area contributed by atoms with Crippen molar-refractivity contribution in [3.63, 3.8) is 0 Å². The highest BCUT2D eigenvalue weighted by molar-refractivity contribution is 8.18. The molecule has 2 fully saturated rings. The molecule has 1 heterocycles. The number of benzene rings is 2. The molecule has 164 valence electrons. The molecule has 2 aliphatic rings. The van der Waals surface area contributed by atoms with Crippen molar-refractivity contribution >= 4 is 44.6 Å². The first-order valence-corrected chi connectivity index (χ1v) is 12.7. The first-order chi connectivity index (χ1) is 15.3. The predicted octanol–water partition coefficient (Wildman–Crippen LogP) is 4.14. The number of hydrogen-bond acceptors (Lipinski definition) is 6. The average Bonchev–Trinajstić information content (AvgIpc) is 3.09. The van der Waals surface area contributed by atoms with Crippen LogP contribution in [0.4, 0.5) is 5.69 Å². The fourth-order valence-corrected chi connectivity index (χ4v) is 5.43. The van der Waals surface area contributed by atoms with Gasteiger partial charge >= 0.3 is 0 Å². The summed E-state index contributed by atoms with van der Waals surface area (Å²) >= 11 is 1.31. The van der Waals surface area contributed by atoms with E-state index in [-0.39, 0.29) is 16.8 Å². The van der Waals surface area contributed by atoms with Gasteiger partial charge in [-0.1, -0.05) is 31.4 Å². The molecule has 1 saturated heterocycles. The summed E-state index contributed by atoms with van der Waals surface area (Å²) in [4.78, 5) is 20.4. The number of nitriles is 1. The summed E-state index contributed by atoms with van der Waals surface area (Å²) in [6.07, 6.45) is 6.99. The lowest BCUT2D eigenvalue weighted by molar-refractivity contribution is -0.124. The van der Waals surface area contributed by atoms with Crippen molar-refractivity contribution in [1.29, 1.82) is 5.26 Å². The molecule has 1 saturated carbocycles. The van der Waals surface area contributed by atoms with E-state index in [1.807, 2.05) is 18.2 Å². The number of primary sulfonamides is 1. The molecule has 0 atom stereocenters. The van der Waals surface area contributed by atoms with E-state index in [0.29, 0.717) is 21.3 Å². The fourth-order valence-electron chi connectivity index (χ4n) is 3.85. The van der Waals surface area contributed by atoms with Crippen molar-refractivity contribution in [3.05, 3.63) is 64.6 Å². The molecule has 0 bridgehead atoms. The van der Waals surface area contributed by atoms with Gasteiger partial charge in [0.1, 0.15) is 0 Å². The first-order valence-electron chi connectivity index (χ1n) is 10.3. The number of carbonyl (C=O) groups is 1. The largest absolute Gasteiger partial charge is 0.283 e. The van der Waals surface area contributed by atoms with E-state index in [9.17, 15) is 13.2 Å². The molecule has 32 heavy (non-hydrogen) atoms. The highest BCUT2D eigenvalue weighted by Crippen LogP contribution is 2.38. The van der Waals surface area contributed by atoms with Crippen LogP contribution in [0, 0.1) is 11.3 Å². The Morgan fingerprint density at radius 2 is 1.72 bits per heavy atom. The zero-order chi connectivity index (χ0) is 22.7. The molecule has 7 nitrogen and oxygen atoms in total. The highest BCUT2D eigenvalue weighted by Gasteiger charge is 2.38. The summed E-state index contributed by atoms with van der Waals surface area (Å²) < 4.78 is 23.0. The number of nitrogens with zero attached hydrogens (tertiary/aromatic N) is 3. The van der Waals surface area contributed by atoms with Gasteiger partial charge in [-0.3, -0.25) is 9.69 Å². The summed E-state index contributed by atoms with van der Waals surface area (Å²) in [6, 6.07) is 15.2. The maximum atomic E-state index is 13.3. The minimum absolute atomic E-state index is 0.0159. The van der Waals surface area contributed by atoms with Crippen LogP contribution in [0.2, 0.25) is 0 Å². The van der Waals surface area contributed by atoms with Crippen molar-refractivity contribution in [2.45, 2.75) is 43.0 Å². The van der Waals surface area contributed by atoms with E-state index >= 15 is 0 Å². The predicted molar refractivity (Wildman–Crippen MR) is 125 cm³/mol. The van der Waals surface area contributed by atoms with Crippen LogP contribution in [0.3, 0.4) is 0 Å². The Kier molecular flexibility index (Phi) is 6.46. The van der Waals surface area contributed by atoms with E-state index in [1.54, 1.807) is 29.2 Å². The van der Waals surface area contributed by atoms with Crippen molar-refractivity contribution in [2.24, 2.45) is 10.1 Å². The van der Waals surface area contributed by atoms with Gasteiger partial charge in [0.15, 0.2) is 5.17 Å². The van der Waals surface area contributed by atoms with E-state index in [4.69, 9.17) is 10.4 Å². The van der Waals surface area contributed by atoms with Crippen LogP contribution in [0.25, 0.3) is 6.08 Å². The fraction of sp³-hybridized carbons (Fsp3) is 0.261. The van der Waals surface area contributed by atoms with Gasteiger partial charge in [0, 0.05) is 6.04 Å². The van der Waals surface area contributed by atoms with Gasteiger partial charge in [-0.25, -0.2) is 18.5 Å². The summed E-state index contributed by atoms with van der Waals surface area (Å²) in [5.74, 6) is -0.0776. The van der Waals surface area contributed by atoms with E-state index < -0.39 is 10.0 Å². The van der Waals surface area contributed by atoms with Gasteiger partial charge in [0.2, 0.25) is 10.0 Å². The molecule has 0 aromatic heterocycles. The SMILES string of the molecule is N#Cc1ccc(C=C2S/C(=N\c3ccc(S(N)(=O)=O)cc3)N(C3CCCCC3)C2=O)cc1. The lowest BCUT2D eigenvalue weighted by Gasteiger charge is -2.30. The Labute approximate surface area is 191 Å². The van der Waals surface area contributed by atoms with Crippen LogP contribution >= 0.6 is 11.8 Å². The van der Waals surface area contributed by atoms with Crippen LogP contribution in [0.5, 0.6) is 0 Å². The van der Waals surface area contributed by atoms with Crippen molar-refractivity contribution in [3.8, 4) is 6.07 Å². The van der Waals surface area contributed by atoms with Gasteiger partial charge in [-0.15, -0.1) is 0 Å². The third kappa shape index (κ3) is 4.93. The van der Waals surface area contributed by atoms with Crippen LogP contribution in [-0.2, 0) is 14.8 Å². The summed E-state index contributed by atoms with van der Waals surface area (Å²) in [6.45, 7) is 0. The van der Waals surface area contributed by atoms with Gasteiger partial charge in [0.25, 0.3) is 5.91 Å². The maximum absolute atomic E-state index is 13.3. The lowest BCUT2D eigenvalue weighted by Crippen LogP contribution is -2.40. The van der Waals surface area contributed by atoms with Crippen LogP contribution in [0.15, 0.2) is 63.3 Å². The molecule has 2 N–H and O–H groups in total. The van der Waals surface area contributed by atoms with Crippen molar-refractivity contribution in [2.75, 3.05) is 0 Å². The third-order valence-electron chi connectivity index (χ3n) is 5.50. The highest BCUT2D eigenvalue weighted by atomic mass is 32.2. The number of aliphatic imine (C=N–C) groups is 1. The number of nitrogens with two attached hydrogens (primary N) is 1. The van der Waals surface area contributed by atoms with Crippen LogP contribution in [0.1, 0.15) is 43.2 Å². The second kappa shape index (κ2) is 9.28. The Morgan fingerprint density at radius 3 is 2.31 bits per heavy atom. The molecule has 2 aromatic rings. The minimum atomic E-state index is -3.78. The Bertz CT molecular complexity index is 1220. The number of carbonyl (C=O) groups excluding carboxylic acids is 1. The van der Waals surface area contributed by atoms with E-state index in [2.05, 4.69) is 11.1 Å². The van der Waals surface area contributed by atoms with E-state index in [0.717, 1.165) is 31.2 Å². The Hall–Kier alpha value is -2.93. The van der Waals surface area contributed by atoms with Crippen LogP contribution in [-0.4, -0.2) is 30.4 Å². The van der Waals surface area contributed by atoms with Gasteiger partial charge in [-0.05, 0) is 72.6 Å². The standard InChI is InChI=1S/C23H22N4O3S2/c24-15-17-8-6-16(7-9-17)14-21-22(28)27(19-4-2-1-3-5-19)23(31-21)26-18-10-12-20(13-11-18)32(25,29)30/h6-14,19H,1-5H2,(H2,25,29,30)/b21-14?,26-23-. The maximum Gasteiger partial charge on any atom is 0.267 e. The molecule has 9 heteroatoms. The minimum Gasteiger partial charge on any atom is -0.283 e. The number of thioether (sulfide) groups is 1. The Balaban J connectivity index is 1.68. The zero-order valence-corrected chi connectivity index (χ0v) is 18.9. The second-order valence-electron chi connectivity index (χ2n) is 7.74. The molecule has 2 aromatic carbocycles. The number of amides is 1. The van der Waals surface area contributed by atoms with Crippen molar-refractivity contribution < 1.29 is 13.2 Å². The number of rotatable bonds is 4. The lowest BCUT2D eigenvalue weighted by atomic mass is 9.94. The van der Waals surface area contributed by atoms with Gasteiger partial charge in [-0.2, -0.15) is 5.26 Å². The normalized spacial score (nSPS) is 20.1. The summed E-state index contributed by atoms with van der Waals surface area (Å²) in [5.41, 5.74) is 1.95. The monoisotopic (exact) mass is 466 g/mol. The second-order valence-corrected chi connectivity index (χ2v) is 10.3. The Morgan fingerprint density at radius 1 is 1.06 bits per heavy atom. The third-order valence-corrected chi connectivity index (χ3v) is 7.42. The van der Waals surface area contributed by atoms with Gasteiger partial charge < -0.3 is 0 Å². The smallest absolute Gasteiger partial charge is 0.267 e.